The molecular weight excluding hydrogens is 384 g/mol. The number of fused-ring (bicyclic) bond motifs is 1. The highest BCUT2D eigenvalue weighted by atomic mass is 16.5. The highest BCUT2D eigenvalue weighted by Crippen LogP contribution is 2.64. The van der Waals surface area contributed by atoms with Crippen LogP contribution in [0.5, 0.6) is 0 Å². The molecule has 3 nitrogen and oxygen atoms in total. The fraction of sp³-hybridized carbons (Fsp3) is 0.929. The number of carbonyl (C=O) groups is 2. The zero-order valence-corrected chi connectivity index (χ0v) is 21.2. The molecule has 0 spiro atoms. The van der Waals surface area contributed by atoms with Crippen LogP contribution in [-0.4, -0.2) is 18.9 Å². The average molecular weight is 433 g/mol. The summed E-state index contributed by atoms with van der Waals surface area (Å²) in [6.45, 7) is 11.9. The van der Waals surface area contributed by atoms with E-state index >= 15 is 0 Å². The lowest BCUT2D eigenvalue weighted by molar-refractivity contribution is -0.151. The summed E-state index contributed by atoms with van der Waals surface area (Å²) in [5.74, 6) is 3.84. The van der Waals surface area contributed by atoms with E-state index in [-0.39, 0.29) is 11.4 Å². The minimum Gasteiger partial charge on any atom is -0.469 e. The lowest BCUT2D eigenvalue weighted by Gasteiger charge is -2.54. The molecule has 0 radical (unpaired) electrons. The Bertz CT molecular complexity index is 640. The average Bonchev–Trinajstić information content (AvgIpc) is 3.07. The molecule has 3 heteroatoms. The van der Waals surface area contributed by atoms with Gasteiger partial charge in [-0.25, -0.2) is 0 Å². The predicted molar refractivity (Wildman–Crippen MR) is 127 cm³/mol. The molecule has 0 saturated heterocycles. The number of hydrogen-bond acceptors (Lipinski definition) is 3. The molecule has 31 heavy (non-hydrogen) atoms. The van der Waals surface area contributed by atoms with Crippen LogP contribution in [0.3, 0.4) is 0 Å². The Balaban J connectivity index is 1.82. The molecule has 0 aromatic heterocycles. The number of ether oxygens (including phenoxy) is 1. The third-order valence-electron chi connectivity index (χ3n) is 10.1. The molecule has 3 rings (SSSR count). The maximum Gasteiger partial charge on any atom is 0.305 e. The Labute approximate surface area is 191 Å². The van der Waals surface area contributed by atoms with Crippen LogP contribution in [0, 0.1) is 46.3 Å². The van der Waals surface area contributed by atoms with E-state index in [1.165, 1.54) is 45.6 Å². The topological polar surface area (TPSA) is 43.4 Å². The number of ketones is 1. The fourth-order valence-corrected chi connectivity index (χ4v) is 8.26. The summed E-state index contributed by atoms with van der Waals surface area (Å²) < 4.78 is 5.16. The van der Waals surface area contributed by atoms with Gasteiger partial charge in [-0.15, -0.1) is 0 Å². The van der Waals surface area contributed by atoms with Crippen molar-refractivity contribution >= 4 is 11.8 Å². The van der Waals surface area contributed by atoms with Crippen LogP contribution in [-0.2, 0) is 14.3 Å². The third-order valence-corrected chi connectivity index (χ3v) is 10.1. The molecule has 0 aromatic carbocycles. The van der Waals surface area contributed by atoms with Crippen LogP contribution in [0.15, 0.2) is 0 Å². The van der Waals surface area contributed by atoms with E-state index in [0.29, 0.717) is 35.4 Å². The molecule has 0 heterocycles. The van der Waals surface area contributed by atoms with E-state index in [0.717, 1.165) is 49.9 Å². The van der Waals surface area contributed by atoms with E-state index in [1.807, 2.05) is 0 Å². The number of Topliss-reactive ketones (excluding diaryl/α,β-unsaturated/α-hetero) is 1. The Morgan fingerprint density at radius 3 is 2.42 bits per heavy atom. The minimum atomic E-state index is -0.237. The van der Waals surface area contributed by atoms with E-state index in [9.17, 15) is 9.59 Å². The van der Waals surface area contributed by atoms with Gasteiger partial charge in [-0.2, -0.15) is 0 Å². The summed E-state index contributed by atoms with van der Waals surface area (Å²) in [6, 6.07) is 0. The highest BCUT2D eigenvalue weighted by molar-refractivity contribution is 5.85. The first kappa shape index (κ1) is 24.8. The van der Waals surface area contributed by atoms with Crippen molar-refractivity contribution in [2.75, 3.05) is 7.11 Å². The molecule has 0 aliphatic heterocycles. The summed E-state index contributed by atoms with van der Waals surface area (Å²) >= 11 is 0. The van der Waals surface area contributed by atoms with Crippen LogP contribution in [0.4, 0.5) is 0 Å². The van der Waals surface area contributed by atoms with Gasteiger partial charge in [-0.05, 0) is 79.4 Å². The smallest absolute Gasteiger partial charge is 0.305 e. The molecule has 0 amide bonds. The van der Waals surface area contributed by atoms with Crippen molar-refractivity contribution in [3.8, 4) is 0 Å². The summed E-state index contributed by atoms with van der Waals surface area (Å²) in [7, 11) is 1.51. The van der Waals surface area contributed by atoms with Gasteiger partial charge in [0.05, 0.1) is 7.11 Å². The first-order chi connectivity index (χ1) is 14.6. The molecule has 0 bridgehead atoms. The van der Waals surface area contributed by atoms with E-state index in [4.69, 9.17) is 4.74 Å². The number of carbonyl (C=O) groups excluding carboxylic acids is 2. The Kier molecular flexibility index (Phi) is 7.96. The Hall–Kier alpha value is -0.860. The summed E-state index contributed by atoms with van der Waals surface area (Å²) in [5.41, 5.74) is 0.0692. The van der Waals surface area contributed by atoms with Gasteiger partial charge < -0.3 is 4.74 Å². The monoisotopic (exact) mass is 432 g/mol. The van der Waals surface area contributed by atoms with Crippen LogP contribution >= 0.6 is 0 Å². The minimum absolute atomic E-state index is 0.0838. The van der Waals surface area contributed by atoms with E-state index in [1.54, 1.807) is 0 Å². The van der Waals surface area contributed by atoms with Crippen molar-refractivity contribution in [3.05, 3.63) is 0 Å². The van der Waals surface area contributed by atoms with Crippen LogP contribution < -0.4 is 0 Å². The first-order valence-corrected chi connectivity index (χ1v) is 13.2. The first-order valence-electron chi connectivity index (χ1n) is 13.2. The van der Waals surface area contributed by atoms with Gasteiger partial charge in [0.15, 0.2) is 0 Å². The Morgan fingerprint density at radius 1 is 1.03 bits per heavy atom. The van der Waals surface area contributed by atoms with Crippen LogP contribution in [0.1, 0.15) is 112 Å². The second-order valence-electron chi connectivity index (χ2n) is 12.2. The summed E-state index contributed by atoms with van der Waals surface area (Å²) in [5, 5.41) is 0. The van der Waals surface area contributed by atoms with Gasteiger partial charge in [0.2, 0.25) is 0 Å². The van der Waals surface area contributed by atoms with Crippen molar-refractivity contribution in [1.29, 1.82) is 0 Å². The van der Waals surface area contributed by atoms with E-state index in [2.05, 4.69) is 34.6 Å². The Morgan fingerprint density at radius 2 is 1.77 bits per heavy atom. The molecule has 3 saturated carbocycles. The fourth-order valence-electron chi connectivity index (χ4n) is 8.26. The maximum atomic E-state index is 13.1. The van der Waals surface area contributed by atoms with Gasteiger partial charge in [-0.3, -0.25) is 9.59 Å². The standard InChI is InChI=1S/C28H48O3/c1-19(2)10-9-11-20(3)22-13-14-23-21(18-26(30)31-6)24(15-17-27(22,23)4)28(5)16-8-7-12-25(28)29/h19-24H,7-18H2,1-6H3/t20-,21+,22-,23+,24+,27-,28-/m1/s1. The van der Waals surface area contributed by atoms with Gasteiger partial charge in [0.1, 0.15) is 5.78 Å². The second-order valence-corrected chi connectivity index (χ2v) is 12.2. The molecule has 0 N–H and O–H groups in total. The zero-order valence-electron chi connectivity index (χ0n) is 21.2. The SMILES string of the molecule is COC(=O)C[C@H]1[C@@H]2CC[C@H]([C@H](C)CCCC(C)C)[C@@]2(C)CC[C@@H]1[C@@]1(C)CCCCC1=O. The van der Waals surface area contributed by atoms with Crippen molar-refractivity contribution < 1.29 is 14.3 Å². The van der Waals surface area contributed by atoms with Gasteiger partial charge in [0.25, 0.3) is 0 Å². The lowest BCUT2D eigenvalue weighted by atomic mass is 9.49. The van der Waals surface area contributed by atoms with Gasteiger partial charge in [0, 0.05) is 18.3 Å². The van der Waals surface area contributed by atoms with Crippen molar-refractivity contribution in [2.24, 2.45) is 46.3 Å². The van der Waals surface area contributed by atoms with Crippen molar-refractivity contribution in [3.63, 3.8) is 0 Å². The number of hydrogen-bond donors (Lipinski definition) is 0. The maximum absolute atomic E-state index is 13.1. The molecular formula is C28H48O3. The van der Waals surface area contributed by atoms with Crippen LogP contribution in [0.25, 0.3) is 0 Å². The molecule has 0 aromatic rings. The lowest BCUT2D eigenvalue weighted by Crippen LogP contribution is -2.51. The summed E-state index contributed by atoms with van der Waals surface area (Å²) in [4.78, 5) is 25.6. The largest absolute Gasteiger partial charge is 0.469 e. The second kappa shape index (κ2) is 9.96. The normalized spacial score (nSPS) is 39.4. The molecule has 178 valence electrons. The van der Waals surface area contributed by atoms with Gasteiger partial charge >= 0.3 is 5.97 Å². The van der Waals surface area contributed by atoms with Crippen molar-refractivity contribution in [1.82, 2.24) is 0 Å². The highest BCUT2D eigenvalue weighted by Gasteiger charge is 2.59. The number of esters is 1. The number of rotatable bonds is 8. The third kappa shape index (κ3) is 4.91. The van der Waals surface area contributed by atoms with Gasteiger partial charge in [-0.1, -0.05) is 60.3 Å². The zero-order chi connectivity index (χ0) is 22.8. The summed E-state index contributed by atoms with van der Waals surface area (Å²) in [6.07, 6.45) is 13.3. The van der Waals surface area contributed by atoms with Crippen LogP contribution in [0.2, 0.25) is 0 Å². The molecule has 7 atom stereocenters. The van der Waals surface area contributed by atoms with E-state index < -0.39 is 0 Å². The molecule has 3 aliphatic carbocycles. The molecule has 3 aliphatic rings. The molecule has 0 unspecified atom stereocenters. The molecule has 3 fully saturated rings. The van der Waals surface area contributed by atoms with Crippen molar-refractivity contribution in [2.45, 2.75) is 112 Å². The quantitative estimate of drug-likeness (QED) is 0.380. The predicted octanol–water partition coefficient (Wildman–Crippen LogP) is 7.22. The number of methoxy groups -OCH3 is 1.